The van der Waals surface area contributed by atoms with E-state index in [1.54, 1.807) is 11.8 Å². The summed E-state index contributed by atoms with van der Waals surface area (Å²) in [6.07, 6.45) is -0.00449. The van der Waals surface area contributed by atoms with E-state index in [-0.39, 0.29) is 41.9 Å². The van der Waals surface area contributed by atoms with Crippen molar-refractivity contribution in [1.82, 2.24) is 4.57 Å². The van der Waals surface area contributed by atoms with Crippen LogP contribution in [0.4, 0.5) is 18.9 Å². The van der Waals surface area contributed by atoms with Crippen LogP contribution in [0.25, 0.3) is 10.9 Å². The number of carboxylic acid groups (broad SMARTS) is 1. The molecule has 0 spiro atoms. The third-order valence-corrected chi connectivity index (χ3v) is 6.08. The molecular formula is C20H22F3N3O4. The van der Waals surface area contributed by atoms with Crippen LogP contribution < -0.4 is 20.8 Å². The second kappa shape index (κ2) is 6.90. The van der Waals surface area contributed by atoms with Gasteiger partial charge in [-0.25, -0.2) is 13.6 Å². The Balaban J connectivity index is 2.01. The van der Waals surface area contributed by atoms with Crippen LogP contribution in [0.5, 0.6) is 5.75 Å². The first-order valence-electron chi connectivity index (χ1n) is 9.53. The Hall–Kier alpha value is -2.75. The van der Waals surface area contributed by atoms with Crippen molar-refractivity contribution in [2.45, 2.75) is 31.1 Å². The molecule has 1 saturated carbocycles. The summed E-state index contributed by atoms with van der Waals surface area (Å²) in [6, 6.07) is 0.250. The molecule has 2 heterocycles. The van der Waals surface area contributed by atoms with Crippen molar-refractivity contribution in [3.05, 3.63) is 33.9 Å². The summed E-state index contributed by atoms with van der Waals surface area (Å²) >= 11 is 0. The Morgan fingerprint density at radius 1 is 1.47 bits per heavy atom. The number of rotatable bonds is 5. The van der Waals surface area contributed by atoms with Gasteiger partial charge in [0.25, 0.3) is 0 Å². The molecule has 162 valence electrons. The zero-order valence-corrected chi connectivity index (χ0v) is 16.5. The number of pyridine rings is 1. The highest BCUT2D eigenvalue weighted by Gasteiger charge is 2.44. The molecule has 30 heavy (non-hydrogen) atoms. The molecule has 0 radical (unpaired) electrons. The Morgan fingerprint density at radius 3 is 2.63 bits per heavy atom. The maximum absolute atomic E-state index is 15.2. The van der Waals surface area contributed by atoms with Gasteiger partial charge < -0.3 is 25.0 Å². The van der Waals surface area contributed by atoms with E-state index in [1.165, 1.54) is 11.7 Å². The van der Waals surface area contributed by atoms with Gasteiger partial charge in [-0.05, 0) is 13.0 Å². The molecule has 4 rings (SSSR count). The average molecular weight is 425 g/mol. The van der Waals surface area contributed by atoms with Crippen LogP contribution in [0, 0.1) is 11.7 Å². The molecule has 3 N–H and O–H groups in total. The summed E-state index contributed by atoms with van der Waals surface area (Å²) in [5.74, 6) is -2.88. The number of aromatic nitrogens is 1. The lowest BCUT2D eigenvalue weighted by Crippen LogP contribution is -2.45. The summed E-state index contributed by atoms with van der Waals surface area (Å²) in [5, 5.41) is 9.15. The number of nitrogens with zero attached hydrogens (tertiary/aromatic N) is 2. The highest BCUT2D eigenvalue weighted by molar-refractivity contribution is 5.97. The van der Waals surface area contributed by atoms with Gasteiger partial charge in [-0.2, -0.15) is 0 Å². The number of alkyl halides is 2. The van der Waals surface area contributed by atoms with Crippen LogP contribution in [0.2, 0.25) is 0 Å². The van der Waals surface area contributed by atoms with Crippen LogP contribution in [-0.2, 0) is 0 Å². The van der Waals surface area contributed by atoms with Crippen LogP contribution in [-0.4, -0.2) is 54.2 Å². The molecule has 2 aromatic rings. The first-order valence-corrected chi connectivity index (χ1v) is 9.53. The number of hydrogen-bond donors (Lipinski definition) is 2. The van der Waals surface area contributed by atoms with Gasteiger partial charge in [-0.1, -0.05) is 0 Å². The number of nitrogens with two attached hydrogens (primary N) is 1. The minimum absolute atomic E-state index is 0.00934. The van der Waals surface area contributed by atoms with Crippen molar-refractivity contribution < 1.29 is 27.8 Å². The molecule has 1 aliphatic heterocycles. The molecule has 1 aromatic carbocycles. The smallest absolute Gasteiger partial charge is 0.341 e. The lowest BCUT2D eigenvalue weighted by Gasteiger charge is -2.26. The van der Waals surface area contributed by atoms with Crippen LogP contribution in [0.3, 0.4) is 0 Å². The SMILES string of the molecule is COc1c(N2C[C@H](CF)[C@@](C)(N)C2)c(F)cc2c(=O)c(C(=O)O)cn([C@@H]3C[C@@H]3F)c12. The molecule has 4 atom stereocenters. The Kier molecular flexibility index (Phi) is 4.72. The fraction of sp³-hybridized carbons (Fsp3) is 0.500. The molecule has 0 unspecified atom stereocenters. The first-order chi connectivity index (χ1) is 14.1. The number of hydrogen-bond acceptors (Lipinski definition) is 5. The number of carboxylic acids is 1. The Morgan fingerprint density at radius 2 is 2.13 bits per heavy atom. The summed E-state index contributed by atoms with van der Waals surface area (Å²) in [7, 11) is 1.28. The Bertz CT molecular complexity index is 1100. The van der Waals surface area contributed by atoms with Gasteiger partial charge in [-0.15, -0.1) is 0 Å². The van der Waals surface area contributed by atoms with Crippen molar-refractivity contribution >= 4 is 22.6 Å². The summed E-state index contributed by atoms with van der Waals surface area (Å²) < 4.78 is 49.3. The van der Waals surface area contributed by atoms with Crippen molar-refractivity contribution in [3.63, 3.8) is 0 Å². The lowest BCUT2D eigenvalue weighted by atomic mass is 9.92. The minimum atomic E-state index is -1.49. The molecule has 10 heteroatoms. The third kappa shape index (κ3) is 3.01. The molecule has 1 aliphatic carbocycles. The predicted molar refractivity (Wildman–Crippen MR) is 104 cm³/mol. The van der Waals surface area contributed by atoms with E-state index in [2.05, 4.69) is 0 Å². The highest BCUT2D eigenvalue weighted by atomic mass is 19.1. The van der Waals surface area contributed by atoms with Crippen LogP contribution in [0.1, 0.15) is 29.7 Å². The normalized spacial score (nSPS) is 28.2. The maximum Gasteiger partial charge on any atom is 0.341 e. The first kappa shape index (κ1) is 20.5. The van der Waals surface area contributed by atoms with Gasteiger partial charge in [0, 0.05) is 37.2 Å². The van der Waals surface area contributed by atoms with Crippen LogP contribution in [0.15, 0.2) is 17.1 Å². The van der Waals surface area contributed by atoms with E-state index in [4.69, 9.17) is 10.5 Å². The molecule has 0 bridgehead atoms. The number of halogens is 3. The molecular weight excluding hydrogens is 403 g/mol. The van der Waals surface area contributed by atoms with E-state index >= 15 is 4.39 Å². The number of benzene rings is 1. The summed E-state index contributed by atoms with van der Waals surface area (Å²) in [4.78, 5) is 25.8. The second-order valence-electron chi connectivity index (χ2n) is 8.28. The topological polar surface area (TPSA) is 97.8 Å². The zero-order chi connectivity index (χ0) is 22.0. The molecule has 1 saturated heterocycles. The predicted octanol–water partition coefficient (Wildman–Crippen LogP) is 2.25. The molecule has 2 aliphatic rings. The monoisotopic (exact) mass is 425 g/mol. The van der Waals surface area contributed by atoms with E-state index in [0.29, 0.717) is 0 Å². The highest BCUT2D eigenvalue weighted by Crippen LogP contribution is 2.46. The number of carbonyl (C=O) groups is 1. The van der Waals surface area contributed by atoms with E-state index < -0.39 is 53.1 Å². The lowest BCUT2D eigenvalue weighted by molar-refractivity contribution is 0.0694. The standard InChI is InChI=1S/C20H22F3N3O4/c1-20(24)8-25(6-9(20)5-21)16-13(23)3-10-15(18(16)30-2)26(14-4-12(14)22)7-11(17(10)27)19(28)29/h3,7,9,12,14H,4-6,8,24H2,1-2H3,(H,28,29)/t9-,12-,14+,20-/m0/s1. The van der Waals surface area contributed by atoms with Gasteiger partial charge in [0.1, 0.15) is 17.4 Å². The minimum Gasteiger partial charge on any atom is -0.492 e. The fourth-order valence-electron chi connectivity index (χ4n) is 4.26. The van der Waals surface area contributed by atoms with Gasteiger partial charge in [0.05, 0.1) is 30.7 Å². The van der Waals surface area contributed by atoms with E-state index in [9.17, 15) is 23.5 Å². The van der Waals surface area contributed by atoms with E-state index in [1.807, 2.05) is 0 Å². The fourth-order valence-corrected chi connectivity index (χ4v) is 4.26. The van der Waals surface area contributed by atoms with Gasteiger partial charge in [0.15, 0.2) is 11.6 Å². The zero-order valence-electron chi connectivity index (χ0n) is 16.5. The number of fused-ring (bicyclic) bond motifs is 1. The van der Waals surface area contributed by atoms with Crippen molar-refractivity contribution in [1.29, 1.82) is 0 Å². The van der Waals surface area contributed by atoms with Crippen LogP contribution >= 0.6 is 0 Å². The average Bonchev–Trinajstić information content (AvgIpc) is 3.31. The third-order valence-electron chi connectivity index (χ3n) is 6.08. The largest absolute Gasteiger partial charge is 0.492 e. The van der Waals surface area contributed by atoms with Crippen molar-refractivity contribution in [3.8, 4) is 5.75 Å². The Labute approximate surface area is 169 Å². The number of ether oxygens (including phenoxy) is 1. The quantitative estimate of drug-likeness (QED) is 0.763. The number of methoxy groups -OCH3 is 1. The number of anilines is 1. The van der Waals surface area contributed by atoms with Gasteiger partial charge in [-0.3, -0.25) is 9.18 Å². The molecule has 1 aromatic heterocycles. The summed E-state index contributed by atoms with van der Waals surface area (Å²) in [6.45, 7) is 1.27. The molecule has 0 amide bonds. The van der Waals surface area contributed by atoms with E-state index in [0.717, 1.165) is 12.3 Å². The van der Waals surface area contributed by atoms with Gasteiger partial charge >= 0.3 is 5.97 Å². The molecule has 7 nitrogen and oxygen atoms in total. The summed E-state index contributed by atoms with van der Waals surface area (Å²) in [5.41, 5.74) is 3.91. The van der Waals surface area contributed by atoms with Crippen molar-refractivity contribution in [2.75, 3.05) is 31.8 Å². The molecule has 2 fully saturated rings. The second-order valence-corrected chi connectivity index (χ2v) is 8.28. The van der Waals surface area contributed by atoms with Crippen molar-refractivity contribution in [2.24, 2.45) is 11.7 Å². The maximum atomic E-state index is 15.2. The number of aromatic carboxylic acids is 1. The van der Waals surface area contributed by atoms with Gasteiger partial charge in [0.2, 0.25) is 5.43 Å².